The number of piperidine rings is 1. The number of pyridine rings is 1. The molecular weight excluding hydrogens is 765 g/mol. The topological polar surface area (TPSA) is 150 Å². The van der Waals surface area contributed by atoms with Gasteiger partial charge in [0.05, 0.1) is 48.0 Å². The van der Waals surface area contributed by atoms with Gasteiger partial charge in [-0.1, -0.05) is 65.0 Å². The number of likely N-dealkylation sites (tertiary alicyclic amines) is 1. The van der Waals surface area contributed by atoms with E-state index in [1.54, 1.807) is 4.90 Å². The summed E-state index contributed by atoms with van der Waals surface area (Å²) in [4.78, 5) is 54.4. The second kappa shape index (κ2) is 22.0. The molecule has 283 valence electrons. The van der Waals surface area contributed by atoms with Crippen molar-refractivity contribution in [1.29, 1.82) is 5.26 Å². The number of carbonyl (C=O) groups excluding carboxylic acids is 3. The Morgan fingerprint density at radius 1 is 1.11 bits per heavy atom. The molecule has 0 bridgehead atoms. The van der Waals surface area contributed by atoms with Crippen LogP contribution in [0.5, 0.6) is 5.75 Å². The molecule has 1 fully saturated rings. The fourth-order valence-corrected chi connectivity index (χ4v) is 6.74. The fraction of sp³-hybridized carbons (Fsp3) is 0.475. The minimum atomic E-state index is -0.660. The summed E-state index contributed by atoms with van der Waals surface area (Å²) in [7, 11) is 1.47. The summed E-state index contributed by atoms with van der Waals surface area (Å²) in [5.41, 5.74) is 1.55. The zero-order chi connectivity index (χ0) is 38.4. The van der Waals surface area contributed by atoms with Gasteiger partial charge in [-0.05, 0) is 44.6 Å². The molecule has 1 aliphatic heterocycles. The van der Waals surface area contributed by atoms with Gasteiger partial charge < -0.3 is 24.7 Å². The zero-order valence-corrected chi connectivity index (χ0v) is 36.2. The molecule has 2 amide bonds. The number of thiazole rings is 1. The van der Waals surface area contributed by atoms with Crippen LogP contribution in [-0.4, -0.2) is 69.8 Å². The van der Waals surface area contributed by atoms with Gasteiger partial charge in [0, 0.05) is 64.1 Å². The summed E-state index contributed by atoms with van der Waals surface area (Å²) in [6, 6.07) is 12.1. The quantitative estimate of drug-likeness (QED) is 0.0777. The van der Waals surface area contributed by atoms with Gasteiger partial charge in [0.25, 0.3) is 17.6 Å². The molecular formula is C40H53N6O5SY-. The number of hydrogen-bond donors (Lipinski definition) is 2. The first-order chi connectivity index (χ1) is 25.1. The fourth-order valence-electron chi connectivity index (χ4n) is 5.92. The van der Waals surface area contributed by atoms with E-state index in [-0.39, 0.29) is 56.0 Å². The van der Waals surface area contributed by atoms with Crippen LogP contribution >= 0.6 is 11.3 Å². The van der Waals surface area contributed by atoms with Crippen molar-refractivity contribution in [2.75, 3.05) is 26.8 Å². The molecule has 1 atom stereocenters. The standard InChI is InChI=1S/C36H41N6O5S.2C2H6.Y/c1-6-22(2)47-17-14-36(3,4)41-33(44)28-21-40-34(48-28)31-30-29(27(46-5)20-39-31)26(19-38-30)32(43)35(45)42-15-12-24(13-16-42)25(18-37)23-10-8-7-9-11-23;2*1-2;/h7-11,19-21,24-25,38H,6,12-17H2,1-5H3,(H,41,44);2*1-2H3;/q-1;;;. The van der Waals surface area contributed by atoms with Gasteiger partial charge in [0.2, 0.25) is 0 Å². The third-order valence-corrected chi connectivity index (χ3v) is 9.89. The molecule has 11 nitrogen and oxygen atoms in total. The SMILES string of the molecule is CC.CC.CC[C-](C)OCCC(C)(C)NC(=O)c1cnc(-c2ncc(OC)c3c(C(=O)C(=O)N4CCC(C(C#N)c5ccccc5)CC4)c[nH]c23)s1.[Y]. The summed E-state index contributed by atoms with van der Waals surface area (Å²) < 4.78 is 11.3. The third kappa shape index (κ3) is 11.5. The Balaban J connectivity index is 0.00000188. The Labute approximate surface area is 343 Å². The van der Waals surface area contributed by atoms with E-state index >= 15 is 0 Å². The molecule has 1 radical (unpaired) electrons. The Morgan fingerprint density at radius 2 is 1.77 bits per heavy atom. The van der Waals surface area contributed by atoms with Crippen molar-refractivity contribution in [1.82, 2.24) is 25.2 Å². The van der Waals surface area contributed by atoms with Crippen LogP contribution in [0.4, 0.5) is 0 Å². The van der Waals surface area contributed by atoms with E-state index in [0.29, 0.717) is 71.2 Å². The number of rotatable bonds is 13. The molecule has 0 saturated carbocycles. The van der Waals surface area contributed by atoms with Crippen molar-refractivity contribution in [3.05, 3.63) is 71.0 Å². The molecule has 2 N–H and O–H groups in total. The van der Waals surface area contributed by atoms with Crippen molar-refractivity contribution in [3.8, 4) is 22.5 Å². The number of methoxy groups -OCH3 is 1. The summed E-state index contributed by atoms with van der Waals surface area (Å²) >= 11 is 1.18. The van der Waals surface area contributed by atoms with Crippen molar-refractivity contribution in [2.24, 2.45) is 5.92 Å². The largest absolute Gasteiger partial charge is 0.549 e. The molecule has 4 heterocycles. The third-order valence-electron chi connectivity index (χ3n) is 8.89. The van der Waals surface area contributed by atoms with Crippen LogP contribution in [0.3, 0.4) is 0 Å². The maximum Gasteiger partial charge on any atom is 0.295 e. The predicted molar refractivity (Wildman–Crippen MR) is 206 cm³/mol. The Kier molecular flexibility index (Phi) is 19.0. The van der Waals surface area contributed by atoms with Crippen molar-refractivity contribution in [2.45, 2.75) is 92.5 Å². The first-order valence-corrected chi connectivity index (χ1v) is 18.9. The van der Waals surface area contributed by atoms with Gasteiger partial charge >= 0.3 is 0 Å². The van der Waals surface area contributed by atoms with Crippen LogP contribution in [0.15, 0.2) is 48.9 Å². The smallest absolute Gasteiger partial charge is 0.295 e. The van der Waals surface area contributed by atoms with Gasteiger partial charge in [0.1, 0.15) is 21.3 Å². The normalized spacial score (nSPS) is 13.4. The van der Waals surface area contributed by atoms with Gasteiger partial charge in [-0.3, -0.25) is 14.4 Å². The number of fused-ring (bicyclic) bond motifs is 1. The molecule has 53 heavy (non-hydrogen) atoms. The number of hydrogen-bond acceptors (Lipinski definition) is 9. The van der Waals surface area contributed by atoms with E-state index in [1.807, 2.05) is 85.7 Å². The van der Waals surface area contributed by atoms with Gasteiger partial charge in [-0.15, -0.1) is 11.3 Å². The first kappa shape index (κ1) is 45.7. The summed E-state index contributed by atoms with van der Waals surface area (Å²) in [6.45, 7) is 17.1. The van der Waals surface area contributed by atoms with E-state index in [4.69, 9.17) is 9.47 Å². The molecule has 1 unspecified atom stereocenters. The summed E-state index contributed by atoms with van der Waals surface area (Å²) in [6.07, 6.45) is 8.17. The molecule has 13 heteroatoms. The molecule has 1 aliphatic rings. The monoisotopic (exact) mass is 818 g/mol. The summed E-state index contributed by atoms with van der Waals surface area (Å²) in [5, 5.41) is 13.8. The molecule has 4 aromatic rings. The number of ether oxygens (including phenoxy) is 2. The second-order valence-corrected chi connectivity index (χ2v) is 13.7. The van der Waals surface area contributed by atoms with Crippen LogP contribution in [0.2, 0.25) is 0 Å². The van der Waals surface area contributed by atoms with Crippen molar-refractivity contribution in [3.63, 3.8) is 0 Å². The molecule has 0 spiro atoms. The number of Topliss-reactive ketones (excluding diaryl/α,β-unsaturated/α-hetero) is 1. The number of aromatic amines is 1. The van der Waals surface area contributed by atoms with Gasteiger partial charge in [-0.2, -0.15) is 24.7 Å². The number of aromatic nitrogens is 3. The summed E-state index contributed by atoms with van der Waals surface area (Å²) in [5.74, 6) is -1.36. The van der Waals surface area contributed by atoms with E-state index < -0.39 is 17.2 Å². The molecule has 5 rings (SSSR count). The van der Waals surface area contributed by atoms with E-state index in [2.05, 4.69) is 26.3 Å². The maximum absolute atomic E-state index is 13.7. The number of H-pyrrole nitrogens is 1. The minimum Gasteiger partial charge on any atom is -0.549 e. The molecule has 3 aromatic heterocycles. The number of benzene rings is 1. The number of nitrogens with one attached hydrogen (secondary N) is 2. The maximum atomic E-state index is 13.7. The number of nitriles is 1. The average molecular weight is 819 g/mol. The number of amides is 2. The molecule has 0 aliphatic carbocycles. The predicted octanol–water partition coefficient (Wildman–Crippen LogP) is 8.35. The van der Waals surface area contributed by atoms with E-state index in [9.17, 15) is 19.6 Å². The van der Waals surface area contributed by atoms with Crippen LogP contribution < -0.4 is 10.1 Å². The minimum absolute atomic E-state index is 0. The number of ketones is 1. The molecule has 1 saturated heterocycles. The Morgan fingerprint density at radius 3 is 2.38 bits per heavy atom. The van der Waals surface area contributed by atoms with Crippen LogP contribution in [0, 0.1) is 23.4 Å². The van der Waals surface area contributed by atoms with Crippen LogP contribution in [0.25, 0.3) is 21.6 Å². The zero-order valence-electron chi connectivity index (χ0n) is 32.5. The van der Waals surface area contributed by atoms with E-state index in [0.717, 1.165) is 18.1 Å². The molecule has 1 aromatic carbocycles. The van der Waals surface area contributed by atoms with Crippen LogP contribution in [0.1, 0.15) is 113 Å². The number of nitrogens with zero attached hydrogens (tertiary/aromatic N) is 4. The van der Waals surface area contributed by atoms with Gasteiger partial charge in [0.15, 0.2) is 0 Å². The second-order valence-electron chi connectivity index (χ2n) is 12.6. The Bertz CT molecular complexity index is 1810. The van der Waals surface area contributed by atoms with E-state index in [1.165, 1.54) is 37.0 Å². The van der Waals surface area contributed by atoms with Gasteiger partial charge in [-0.25, -0.2) is 9.97 Å². The number of carbonyl (C=O) groups is 3. The average Bonchev–Trinajstić information content (AvgIpc) is 3.85. The Hall–Kier alpha value is -3.50. The van der Waals surface area contributed by atoms with Crippen molar-refractivity contribution >= 4 is 39.8 Å². The first-order valence-electron chi connectivity index (χ1n) is 18.1. The van der Waals surface area contributed by atoms with Crippen LogP contribution in [-0.2, 0) is 42.2 Å². The van der Waals surface area contributed by atoms with Crippen molar-refractivity contribution < 1.29 is 56.6 Å².